The minimum absolute atomic E-state index is 0.270. The molecule has 2 nitrogen and oxygen atoms in total. The van der Waals surface area contributed by atoms with Crippen LogP contribution in [0.4, 0.5) is 4.39 Å². The molecule has 3 heteroatoms. The number of rotatable bonds is 1. The van der Waals surface area contributed by atoms with Gasteiger partial charge in [0.2, 0.25) is 0 Å². The zero-order chi connectivity index (χ0) is 11.0. The van der Waals surface area contributed by atoms with Gasteiger partial charge in [0.05, 0.1) is 0 Å². The molecule has 0 amide bonds. The average molecular weight is 206 g/mol. The molecule has 1 aliphatic rings. The molecule has 1 atom stereocenters. The van der Waals surface area contributed by atoms with Crippen molar-refractivity contribution in [2.45, 2.75) is 19.3 Å². The minimum Gasteiger partial charge on any atom is -0.478 e. The summed E-state index contributed by atoms with van der Waals surface area (Å²) in [4.78, 5) is 10.6. The molecule has 0 spiro atoms. The Kier molecular flexibility index (Phi) is 2.31. The average Bonchev–Trinajstić information content (AvgIpc) is 2.42. The second kappa shape index (κ2) is 3.50. The number of carbonyl (C=O) groups is 1. The number of allylic oxidation sites excluding steroid dienone is 1. The molecule has 0 aliphatic heterocycles. The smallest absolute Gasteiger partial charge is 0.328 e. The van der Waals surface area contributed by atoms with Crippen LogP contribution < -0.4 is 0 Å². The molecule has 0 fully saturated rings. The first-order valence-electron chi connectivity index (χ1n) is 4.81. The Bertz CT molecular complexity index is 449. The number of aliphatic carboxylic acids is 1. The molecule has 0 saturated heterocycles. The van der Waals surface area contributed by atoms with Crippen molar-refractivity contribution in [3.05, 3.63) is 41.2 Å². The number of hydrogen-bond acceptors (Lipinski definition) is 1. The molecule has 0 aromatic heterocycles. The quantitative estimate of drug-likeness (QED) is 0.717. The van der Waals surface area contributed by atoms with Gasteiger partial charge in [0.1, 0.15) is 5.82 Å². The lowest BCUT2D eigenvalue weighted by Crippen LogP contribution is -1.90. The minimum atomic E-state index is -0.977. The van der Waals surface area contributed by atoms with Gasteiger partial charge >= 0.3 is 5.97 Å². The Morgan fingerprint density at radius 3 is 3.00 bits per heavy atom. The third-order valence-corrected chi connectivity index (χ3v) is 2.72. The van der Waals surface area contributed by atoms with Crippen LogP contribution in [0.25, 0.3) is 5.57 Å². The molecule has 0 saturated carbocycles. The topological polar surface area (TPSA) is 37.3 Å². The van der Waals surface area contributed by atoms with E-state index in [1.807, 2.05) is 6.92 Å². The van der Waals surface area contributed by atoms with E-state index in [4.69, 9.17) is 5.11 Å². The van der Waals surface area contributed by atoms with Gasteiger partial charge in [-0.2, -0.15) is 0 Å². The number of halogens is 1. The fraction of sp³-hybridized carbons (Fsp3) is 0.250. The van der Waals surface area contributed by atoms with Gasteiger partial charge in [-0.25, -0.2) is 9.18 Å². The monoisotopic (exact) mass is 206 g/mol. The Balaban J connectivity index is 2.53. The zero-order valence-corrected chi connectivity index (χ0v) is 8.33. The van der Waals surface area contributed by atoms with Crippen LogP contribution in [0.2, 0.25) is 0 Å². The largest absolute Gasteiger partial charge is 0.478 e. The van der Waals surface area contributed by atoms with Gasteiger partial charge in [0.25, 0.3) is 0 Å². The third-order valence-electron chi connectivity index (χ3n) is 2.72. The van der Waals surface area contributed by atoms with E-state index >= 15 is 0 Å². The van der Waals surface area contributed by atoms with Crippen LogP contribution in [-0.2, 0) is 4.79 Å². The van der Waals surface area contributed by atoms with E-state index < -0.39 is 5.97 Å². The summed E-state index contributed by atoms with van der Waals surface area (Å²) >= 11 is 0. The van der Waals surface area contributed by atoms with Crippen LogP contribution in [0.3, 0.4) is 0 Å². The van der Waals surface area contributed by atoms with Crippen LogP contribution >= 0.6 is 0 Å². The highest BCUT2D eigenvalue weighted by Gasteiger charge is 2.23. The fourth-order valence-corrected chi connectivity index (χ4v) is 2.07. The Morgan fingerprint density at radius 2 is 2.33 bits per heavy atom. The number of benzene rings is 1. The van der Waals surface area contributed by atoms with E-state index in [1.165, 1.54) is 18.2 Å². The lowest BCUT2D eigenvalue weighted by molar-refractivity contribution is -0.131. The van der Waals surface area contributed by atoms with Crippen LogP contribution in [0, 0.1) is 5.82 Å². The molecule has 0 heterocycles. The van der Waals surface area contributed by atoms with Gasteiger partial charge in [0, 0.05) is 6.08 Å². The zero-order valence-electron chi connectivity index (χ0n) is 8.33. The van der Waals surface area contributed by atoms with Crippen LogP contribution in [-0.4, -0.2) is 11.1 Å². The highest BCUT2D eigenvalue weighted by Crippen LogP contribution is 2.40. The molecule has 1 unspecified atom stereocenters. The second-order valence-electron chi connectivity index (χ2n) is 3.84. The second-order valence-corrected chi connectivity index (χ2v) is 3.84. The molecule has 1 aliphatic carbocycles. The van der Waals surface area contributed by atoms with Crippen molar-refractivity contribution in [2.75, 3.05) is 0 Å². The summed E-state index contributed by atoms with van der Waals surface area (Å²) < 4.78 is 13.0. The Labute approximate surface area is 87.0 Å². The van der Waals surface area contributed by atoms with E-state index in [-0.39, 0.29) is 11.7 Å². The van der Waals surface area contributed by atoms with E-state index in [9.17, 15) is 9.18 Å². The molecular formula is C12H11FO2. The predicted octanol–water partition coefficient (Wildman–Crippen LogP) is 2.80. The number of carboxylic acids is 1. The summed E-state index contributed by atoms with van der Waals surface area (Å²) in [5, 5.41) is 8.68. The first-order valence-corrected chi connectivity index (χ1v) is 4.81. The molecule has 15 heavy (non-hydrogen) atoms. The Hall–Kier alpha value is -1.64. The van der Waals surface area contributed by atoms with Gasteiger partial charge in [-0.05, 0) is 41.2 Å². The van der Waals surface area contributed by atoms with Crippen molar-refractivity contribution in [3.8, 4) is 0 Å². The Morgan fingerprint density at radius 1 is 1.60 bits per heavy atom. The molecule has 1 N–H and O–H groups in total. The summed E-state index contributed by atoms with van der Waals surface area (Å²) in [5.74, 6) is -1.03. The van der Waals surface area contributed by atoms with Crippen LogP contribution in [0.15, 0.2) is 24.3 Å². The highest BCUT2D eigenvalue weighted by atomic mass is 19.1. The van der Waals surface area contributed by atoms with Gasteiger partial charge in [-0.1, -0.05) is 13.0 Å². The lowest BCUT2D eigenvalue weighted by atomic mass is 10.0. The normalized spacial score (nSPS) is 21.7. The van der Waals surface area contributed by atoms with Gasteiger partial charge in [-0.3, -0.25) is 0 Å². The predicted molar refractivity (Wildman–Crippen MR) is 55.0 cm³/mol. The summed E-state index contributed by atoms with van der Waals surface area (Å²) in [6, 6.07) is 4.56. The molecule has 1 aromatic carbocycles. The van der Waals surface area contributed by atoms with Crippen molar-refractivity contribution in [3.63, 3.8) is 0 Å². The molecule has 0 radical (unpaired) electrons. The summed E-state index contributed by atoms with van der Waals surface area (Å²) in [6.45, 7) is 2.01. The maximum atomic E-state index is 13.0. The first-order chi connectivity index (χ1) is 7.08. The summed E-state index contributed by atoms with van der Waals surface area (Å²) in [5.41, 5.74) is 2.48. The SMILES string of the molecule is CC1C/C(=C\C(=O)O)c2cc(F)ccc21. The van der Waals surface area contributed by atoms with Gasteiger partial charge in [0.15, 0.2) is 0 Å². The molecule has 2 rings (SSSR count). The number of hydrogen-bond donors (Lipinski definition) is 1. The lowest BCUT2D eigenvalue weighted by Gasteiger charge is -2.02. The highest BCUT2D eigenvalue weighted by molar-refractivity contribution is 5.92. The van der Waals surface area contributed by atoms with Crippen LogP contribution in [0.5, 0.6) is 0 Å². The van der Waals surface area contributed by atoms with Crippen molar-refractivity contribution < 1.29 is 14.3 Å². The van der Waals surface area contributed by atoms with Crippen molar-refractivity contribution in [1.29, 1.82) is 0 Å². The van der Waals surface area contributed by atoms with Gasteiger partial charge in [-0.15, -0.1) is 0 Å². The number of fused-ring (bicyclic) bond motifs is 1. The molecular weight excluding hydrogens is 195 g/mol. The fourth-order valence-electron chi connectivity index (χ4n) is 2.07. The van der Waals surface area contributed by atoms with Crippen molar-refractivity contribution in [2.24, 2.45) is 0 Å². The summed E-state index contributed by atoms with van der Waals surface area (Å²) in [6.07, 6.45) is 1.84. The maximum absolute atomic E-state index is 13.0. The molecule has 0 bridgehead atoms. The van der Waals surface area contributed by atoms with E-state index in [2.05, 4.69) is 0 Å². The first kappa shape index (κ1) is 9.90. The molecule has 1 aromatic rings. The van der Waals surface area contributed by atoms with E-state index in [1.54, 1.807) is 6.07 Å². The van der Waals surface area contributed by atoms with Crippen molar-refractivity contribution in [1.82, 2.24) is 0 Å². The maximum Gasteiger partial charge on any atom is 0.328 e. The van der Waals surface area contributed by atoms with Crippen molar-refractivity contribution >= 4 is 11.5 Å². The number of carboxylic acid groups (broad SMARTS) is 1. The summed E-state index contributed by atoms with van der Waals surface area (Å²) in [7, 11) is 0. The van der Waals surface area contributed by atoms with E-state index in [0.717, 1.165) is 11.1 Å². The van der Waals surface area contributed by atoms with Gasteiger partial charge < -0.3 is 5.11 Å². The van der Waals surface area contributed by atoms with Crippen LogP contribution in [0.1, 0.15) is 30.4 Å². The third kappa shape index (κ3) is 1.77. The molecule has 78 valence electrons. The van der Waals surface area contributed by atoms with E-state index in [0.29, 0.717) is 12.0 Å². The standard InChI is InChI=1S/C12H11FO2/c1-7-4-8(5-12(14)15)11-6-9(13)2-3-10(7)11/h2-3,5-7H,4H2,1H3,(H,14,15)/b8-5+.